The minimum Gasteiger partial charge on any atom is -0.493 e. The zero-order chi connectivity index (χ0) is 29.3. The molecule has 1 saturated heterocycles. The smallest absolute Gasteiger partial charge is 0.339 e. The molecule has 9 heteroatoms. The molecule has 1 unspecified atom stereocenters. The zero-order valence-electron chi connectivity index (χ0n) is 24.6. The molecule has 0 spiro atoms. The number of aliphatic carboxylic acids is 1. The summed E-state index contributed by atoms with van der Waals surface area (Å²) in [5.74, 6) is 0.292. The average molecular weight is 565 g/mol. The summed E-state index contributed by atoms with van der Waals surface area (Å²) in [6.45, 7) is 12.6. The normalized spacial score (nSPS) is 16.7. The first-order valence-electron chi connectivity index (χ1n) is 14.3. The lowest BCUT2D eigenvalue weighted by molar-refractivity contribution is -0.161. The number of aromatic nitrogens is 1. The predicted molar refractivity (Wildman–Crippen MR) is 157 cm³/mol. The van der Waals surface area contributed by atoms with Crippen LogP contribution in [0, 0.1) is 6.92 Å². The van der Waals surface area contributed by atoms with Gasteiger partial charge in [-0.25, -0.2) is 4.79 Å². The van der Waals surface area contributed by atoms with E-state index in [1.54, 1.807) is 13.1 Å². The summed E-state index contributed by atoms with van der Waals surface area (Å²) in [4.78, 5) is 28.8. The van der Waals surface area contributed by atoms with Crippen molar-refractivity contribution in [1.29, 1.82) is 0 Å². The van der Waals surface area contributed by atoms with Crippen LogP contribution in [0.25, 0.3) is 21.9 Å². The van der Waals surface area contributed by atoms with Crippen molar-refractivity contribution < 1.29 is 28.8 Å². The second kappa shape index (κ2) is 11.8. The number of carbonyl (C=O) groups is 1. The van der Waals surface area contributed by atoms with Gasteiger partial charge in [0, 0.05) is 32.2 Å². The Bertz CT molecular complexity index is 1500. The first-order chi connectivity index (χ1) is 19.5. The number of benzene rings is 2. The molecule has 220 valence electrons. The topological polar surface area (TPSA) is 99.5 Å². The summed E-state index contributed by atoms with van der Waals surface area (Å²) >= 11 is 0. The molecule has 3 heterocycles. The number of carboxylic acids is 1. The number of nitrogens with zero attached hydrogens (tertiary/aromatic N) is 2. The molecule has 5 rings (SSSR count). The van der Waals surface area contributed by atoms with E-state index >= 15 is 0 Å². The molecule has 2 aliphatic rings. The summed E-state index contributed by atoms with van der Waals surface area (Å²) in [7, 11) is 1.62. The number of morpholine rings is 1. The molecular weight excluding hydrogens is 524 g/mol. The van der Waals surface area contributed by atoms with Crippen LogP contribution in [-0.4, -0.2) is 72.2 Å². The van der Waals surface area contributed by atoms with E-state index in [2.05, 4.69) is 4.90 Å². The second-order valence-electron chi connectivity index (χ2n) is 11.7. The van der Waals surface area contributed by atoms with E-state index < -0.39 is 17.7 Å². The minimum atomic E-state index is -1.36. The minimum absolute atomic E-state index is 0.305. The van der Waals surface area contributed by atoms with Crippen molar-refractivity contribution in [1.82, 2.24) is 9.47 Å². The van der Waals surface area contributed by atoms with E-state index in [1.807, 2.05) is 52.0 Å². The molecule has 1 aromatic heterocycles. The second-order valence-corrected chi connectivity index (χ2v) is 11.7. The molecule has 1 fully saturated rings. The van der Waals surface area contributed by atoms with Gasteiger partial charge in [-0.3, -0.25) is 9.69 Å². The number of hydrogen-bond acceptors (Lipinski definition) is 7. The highest BCUT2D eigenvalue weighted by Crippen LogP contribution is 2.42. The van der Waals surface area contributed by atoms with E-state index in [0.29, 0.717) is 41.0 Å². The van der Waals surface area contributed by atoms with Crippen LogP contribution in [0.15, 0.2) is 35.1 Å². The lowest BCUT2D eigenvalue weighted by Gasteiger charge is -2.29. The summed E-state index contributed by atoms with van der Waals surface area (Å²) in [6, 6.07) is 9.39. The Hall–Kier alpha value is -3.40. The Balaban J connectivity index is 1.66. The summed E-state index contributed by atoms with van der Waals surface area (Å²) in [6.07, 6.45) is 0.424. The first-order valence-corrected chi connectivity index (χ1v) is 14.3. The van der Waals surface area contributed by atoms with Gasteiger partial charge in [0.15, 0.2) is 6.10 Å². The Morgan fingerprint density at radius 3 is 2.56 bits per heavy atom. The van der Waals surface area contributed by atoms with Gasteiger partial charge >= 0.3 is 5.97 Å². The van der Waals surface area contributed by atoms with Gasteiger partial charge in [0.05, 0.1) is 36.5 Å². The van der Waals surface area contributed by atoms with Gasteiger partial charge in [0.25, 0.3) is 5.56 Å². The van der Waals surface area contributed by atoms with Crippen LogP contribution in [0.1, 0.15) is 50.1 Å². The predicted octanol–water partition coefficient (Wildman–Crippen LogP) is 4.49. The number of pyridine rings is 1. The van der Waals surface area contributed by atoms with Crippen molar-refractivity contribution in [3.05, 3.63) is 57.5 Å². The number of ether oxygens (including phenoxy) is 4. The standard InChI is InChI=1S/C32H40N2O7/c1-20-22-7-6-15-40-26(22)11-10-23(20)27-24-9-8-21(39-18-14-34-12-16-38-17-13-34)19-25(24)30(35)33(5)28(27)29(31(36)37)41-32(2,3)4/h8-11,19,29H,6-7,12-18H2,1-5H3,(H,36,37). The fourth-order valence-electron chi connectivity index (χ4n) is 5.77. The van der Waals surface area contributed by atoms with Crippen LogP contribution < -0.4 is 15.0 Å². The van der Waals surface area contributed by atoms with Crippen LogP contribution in [0.2, 0.25) is 0 Å². The summed E-state index contributed by atoms with van der Waals surface area (Å²) < 4.78 is 24.9. The molecule has 2 aromatic carbocycles. The van der Waals surface area contributed by atoms with Crippen LogP contribution in [0.5, 0.6) is 11.5 Å². The van der Waals surface area contributed by atoms with Crippen LogP contribution in [0.4, 0.5) is 0 Å². The monoisotopic (exact) mass is 564 g/mol. The molecule has 0 bridgehead atoms. The lowest BCUT2D eigenvalue weighted by Crippen LogP contribution is -2.38. The summed E-state index contributed by atoms with van der Waals surface area (Å²) in [5, 5.41) is 11.5. The molecule has 41 heavy (non-hydrogen) atoms. The maximum absolute atomic E-state index is 13.8. The van der Waals surface area contributed by atoms with Gasteiger partial charge in [-0.05, 0) is 86.9 Å². The largest absolute Gasteiger partial charge is 0.493 e. The Labute approximate surface area is 240 Å². The number of rotatable bonds is 8. The molecule has 1 atom stereocenters. The Kier molecular flexibility index (Phi) is 8.40. The van der Waals surface area contributed by atoms with Gasteiger partial charge in [-0.1, -0.05) is 6.07 Å². The maximum atomic E-state index is 13.8. The van der Waals surface area contributed by atoms with E-state index in [0.717, 1.165) is 68.1 Å². The SMILES string of the molecule is Cc1c(-c2c(C(OC(C)(C)C)C(=O)O)n(C)c(=O)c3cc(OCCN4CCOCC4)ccc23)ccc2c1CCCO2. The Morgan fingerprint density at radius 2 is 1.85 bits per heavy atom. The highest BCUT2D eigenvalue weighted by molar-refractivity contribution is 6.00. The first kappa shape index (κ1) is 29.1. The molecular formula is C32H40N2O7. The van der Waals surface area contributed by atoms with Gasteiger partial charge in [-0.15, -0.1) is 0 Å². The van der Waals surface area contributed by atoms with Crippen LogP contribution in [0.3, 0.4) is 0 Å². The molecule has 3 aromatic rings. The number of carboxylic acid groups (broad SMARTS) is 1. The van der Waals surface area contributed by atoms with Crippen LogP contribution in [-0.2, 0) is 27.7 Å². The molecule has 2 aliphatic heterocycles. The third-order valence-electron chi connectivity index (χ3n) is 7.79. The average Bonchev–Trinajstić information content (AvgIpc) is 2.94. The number of hydrogen-bond donors (Lipinski definition) is 1. The van der Waals surface area contributed by atoms with Crippen molar-refractivity contribution in [3.8, 4) is 22.6 Å². The molecule has 0 radical (unpaired) electrons. The van der Waals surface area contributed by atoms with Crippen LogP contribution >= 0.6 is 0 Å². The van der Waals surface area contributed by atoms with Crippen molar-refractivity contribution in [2.45, 2.75) is 52.2 Å². The Morgan fingerprint density at radius 1 is 1.10 bits per heavy atom. The fraction of sp³-hybridized carbons (Fsp3) is 0.500. The van der Waals surface area contributed by atoms with Crippen molar-refractivity contribution in [3.63, 3.8) is 0 Å². The molecule has 9 nitrogen and oxygen atoms in total. The van der Waals surface area contributed by atoms with E-state index in [1.165, 1.54) is 4.57 Å². The highest BCUT2D eigenvalue weighted by Gasteiger charge is 2.34. The third kappa shape index (κ3) is 6.12. The number of fused-ring (bicyclic) bond motifs is 2. The van der Waals surface area contributed by atoms with E-state index in [9.17, 15) is 14.7 Å². The maximum Gasteiger partial charge on any atom is 0.339 e. The van der Waals surface area contributed by atoms with Crippen molar-refractivity contribution >= 4 is 16.7 Å². The van der Waals surface area contributed by atoms with E-state index in [-0.39, 0.29) is 5.56 Å². The molecule has 1 N–H and O–H groups in total. The van der Waals surface area contributed by atoms with Crippen molar-refractivity contribution in [2.24, 2.45) is 7.05 Å². The lowest BCUT2D eigenvalue weighted by atomic mass is 9.88. The molecule has 0 aliphatic carbocycles. The fourth-order valence-corrected chi connectivity index (χ4v) is 5.77. The molecule has 0 saturated carbocycles. The van der Waals surface area contributed by atoms with Gasteiger partial charge < -0.3 is 28.6 Å². The molecule has 0 amide bonds. The van der Waals surface area contributed by atoms with Gasteiger partial charge in [0.1, 0.15) is 18.1 Å². The highest BCUT2D eigenvalue weighted by atomic mass is 16.5. The van der Waals surface area contributed by atoms with Crippen molar-refractivity contribution in [2.75, 3.05) is 46.1 Å². The zero-order valence-corrected chi connectivity index (χ0v) is 24.6. The quantitative estimate of drug-likeness (QED) is 0.427. The van der Waals surface area contributed by atoms with Gasteiger partial charge in [-0.2, -0.15) is 0 Å². The third-order valence-corrected chi connectivity index (χ3v) is 7.79. The van der Waals surface area contributed by atoms with E-state index in [4.69, 9.17) is 18.9 Å². The van der Waals surface area contributed by atoms with Gasteiger partial charge in [0.2, 0.25) is 0 Å². The summed E-state index contributed by atoms with van der Waals surface area (Å²) in [5.41, 5.74) is 2.88.